The molecule has 0 radical (unpaired) electrons. The number of nitrogens with one attached hydrogen (secondary N) is 1. The zero-order valence-electron chi connectivity index (χ0n) is 15.5. The first kappa shape index (κ1) is 19.0. The van der Waals surface area contributed by atoms with Crippen molar-refractivity contribution in [3.8, 4) is 0 Å². The van der Waals surface area contributed by atoms with Gasteiger partial charge in [-0.3, -0.25) is 9.69 Å². The fourth-order valence-electron chi connectivity index (χ4n) is 3.21. The van der Waals surface area contributed by atoms with E-state index in [0.29, 0.717) is 0 Å². The first-order valence-corrected chi connectivity index (χ1v) is 9.87. The Morgan fingerprint density at radius 2 is 1.69 bits per heavy atom. The fourth-order valence-corrected chi connectivity index (χ4v) is 4.13. The van der Waals surface area contributed by atoms with Crippen molar-refractivity contribution in [2.75, 3.05) is 18.4 Å². The highest BCUT2D eigenvalue weighted by Gasteiger charge is 2.29. The zero-order valence-corrected chi connectivity index (χ0v) is 16.3. The van der Waals surface area contributed by atoms with E-state index in [0.717, 1.165) is 28.6 Å². The van der Waals surface area contributed by atoms with Gasteiger partial charge in [-0.15, -0.1) is 0 Å². The molecule has 1 aliphatic heterocycles. The summed E-state index contributed by atoms with van der Waals surface area (Å²) in [4.78, 5) is 17.2. The molecule has 26 heavy (non-hydrogen) atoms. The summed E-state index contributed by atoms with van der Waals surface area (Å²) in [5, 5.41) is 3.12. The summed E-state index contributed by atoms with van der Waals surface area (Å²) in [5.41, 5.74) is 0.854. The Morgan fingerprint density at radius 3 is 2.38 bits per heavy atom. The first-order valence-electron chi connectivity index (χ1n) is 9.05. The van der Waals surface area contributed by atoms with Crippen LogP contribution in [0.5, 0.6) is 0 Å². The molecular formula is C21H26N2O2S. The van der Waals surface area contributed by atoms with Crippen LogP contribution in [0.3, 0.4) is 0 Å². The van der Waals surface area contributed by atoms with Crippen LogP contribution in [0.25, 0.3) is 0 Å². The number of ether oxygens (including phenoxy) is 1. The van der Waals surface area contributed by atoms with E-state index in [2.05, 4.69) is 36.2 Å². The summed E-state index contributed by atoms with van der Waals surface area (Å²) in [5.74, 6) is 0.0208. The summed E-state index contributed by atoms with van der Waals surface area (Å²) in [6.45, 7) is 7.63. The second-order valence-electron chi connectivity index (χ2n) is 6.79. The third-order valence-corrected chi connectivity index (χ3v) is 5.57. The van der Waals surface area contributed by atoms with Gasteiger partial charge < -0.3 is 10.1 Å². The molecule has 138 valence electrons. The molecule has 0 spiro atoms. The number of hydrogen-bond donors (Lipinski definition) is 1. The molecule has 1 amide bonds. The number of amides is 1. The van der Waals surface area contributed by atoms with Crippen LogP contribution in [0, 0.1) is 0 Å². The summed E-state index contributed by atoms with van der Waals surface area (Å²) in [7, 11) is 0. The number of anilines is 1. The van der Waals surface area contributed by atoms with Crippen LogP contribution in [0.4, 0.5) is 5.69 Å². The summed E-state index contributed by atoms with van der Waals surface area (Å²) < 4.78 is 5.77. The predicted octanol–water partition coefficient (Wildman–Crippen LogP) is 4.27. The molecule has 4 nitrogen and oxygen atoms in total. The number of rotatable bonds is 5. The van der Waals surface area contributed by atoms with Gasteiger partial charge in [0.1, 0.15) is 0 Å². The topological polar surface area (TPSA) is 41.6 Å². The van der Waals surface area contributed by atoms with Crippen LogP contribution in [-0.2, 0) is 9.53 Å². The Balaban J connectivity index is 1.69. The molecule has 5 heteroatoms. The minimum Gasteiger partial charge on any atom is -0.373 e. The lowest BCUT2D eigenvalue weighted by atomic mass is 10.1. The van der Waals surface area contributed by atoms with E-state index in [4.69, 9.17) is 4.74 Å². The van der Waals surface area contributed by atoms with Crippen molar-refractivity contribution in [1.82, 2.24) is 4.90 Å². The summed E-state index contributed by atoms with van der Waals surface area (Å²) in [6.07, 6.45) is 0.296. The number of para-hydroxylation sites is 1. The van der Waals surface area contributed by atoms with E-state index in [1.807, 2.05) is 49.4 Å². The van der Waals surface area contributed by atoms with Crippen molar-refractivity contribution in [3.05, 3.63) is 54.6 Å². The minimum absolute atomic E-state index is 0.0208. The lowest BCUT2D eigenvalue weighted by molar-refractivity contribution is -0.126. The Bertz CT molecular complexity index is 728. The monoisotopic (exact) mass is 370 g/mol. The predicted molar refractivity (Wildman–Crippen MR) is 107 cm³/mol. The van der Waals surface area contributed by atoms with E-state index in [-0.39, 0.29) is 24.2 Å². The van der Waals surface area contributed by atoms with Gasteiger partial charge in [0.2, 0.25) is 5.91 Å². The molecule has 1 heterocycles. The van der Waals surface area contributed by atoms with Gasteiger partial charge in [0.15, 0.2) is 0 Å². The van der Waals surface area contributed by atoms with Gasteiger partial charge in [-0.2, -0.15) is 0 Å². The Kier molecular flexibility index (Phi) is 6.35. The molecule has 0 bridgehead atoms. The fraction of sp³-hybridized carbons (Fsp3) is 0.381. The van der Waals surface area contributed by atoms with E-state index >= 15 is 0 Å². The van der Waals surface area contributed by atoms with Crippen LogP contribution in [0.1, 0.15) is 20.8 Å². The Hall–Kier alpha value is -1.82. The van der Waals surface area contributed by atoms with Crippen LogP contribution >= 0.6 is 11.8 Å². The highest BCUT2D eigenvalue weighted by atomic mass is 32.2. The van der Waals surface area contributed by atoms with Crippen LogP contribution in [-0.4, -0.2) is 42.1 Å². The molecule has 1 fully saturated rings. The second-order valence-corrected chi connectivity index (χ2v) is 7.90. The lowest BCUT2D eigenvalue weighted by Crippen LogP contribution is -2.52. The van der Waals surface area contributed by atoms with E-state index in [1.54, 1.807) is 11.8 Å². The molecule has 0 aliphatic carbocycles. The third-order valence-electron chi connectivity index (χ3n) is 4.49. The van der Waals surface area contributed by atoms with Gasteiger partial charge in [-0.25, -0.2) is 0 Å². The van der Waals surface area contributed by atoms with E-state index < -0.39 is 0 Å². The molecule has 2 aromatic carbocycles. The normalized spacial score (nSPS) is 22.0. The number of morpholine rings is 1. The highest BCUT2D eigenvalue weighted by molar-refractivity contribution is 7.99. The van der Waals surface area contributed by atoms with Gasteiger partial charge in [0.25, 0.3) is 0 Å². The summed E-state index contributed by atoms with van der Waals surface area (Å²) in [6, 6.07) is 17.9. The van der Waals surface area contributed by atoms with Crippen LogP contribution in [0.15, 0.2) is 64.4 Å². The van der Waals surface area contributed by atoms with Gasteiger partial charge >= 0.3 is 0 Å². The largest absolute Gasteiger partial charge is 0.373 e. The standard InChI is InChI=1S/C21H26N2O2S/c1-15-13-23(14-16(2)25-15)17(3)21(24)22-19-11-7-8-12-20(19)26-18-9-5-4-6-10-18/h4-12,15-17H,13-14H2,1-3H3,(H,22,24)/t15-,16-,17-/m0/s1. The van der Waals surface area contributed by atoms with Crippen molar-refractivity contribution in [3.63, 3.8) is 0 Å². The lowest BCUT2D eigenvalue weighted by Gasteiger charge is -2.38. The minimum atomic E-state index is -0.196. The molecule has 0 unspecified atom stereocenters. The number of benzene rings is 2. The molecular weight excluding hydrogens is 344 g/mol. The second kappa shape index (κ2) is 8.71. The number of nitrogens with zero attached hydrogens (tertiary/aromatic N) is 1. The number of hydrogen-bond acceptors (Lipinski definition) is 4. The molecule has 2 aromatic rings. The van der Waals surface area contributed by atoms with Gasteiger partial charge in [-0.05, 0) is 45.0 Å². The maximum atomic E-state index is 12.8. The average molecular weight is 371 g/mol. The van der Waals surface area contributed by atoms with Crippen molar-refractivity contribution < 1.29 is 9.53 Å². The zero-order chi connectivity index (χ0) is 18.5. The molecule has 0 aromatic heterocycles. The van der Waals surface area contributed by atoms with Gasteiger partial charge in [0.05, 0.1) is 23.9 Å². The van der Waals surface area contributed by atoms with Crippen LogP contribution in [0.2, 0.25) is 0 Å². The third kappa shape index (κ3) is 4.87. The van der Waals surface area contributed by atoms with Crippen LogP contribution < -0.4 is 5.32 Å². The Labute approximate surface area is 159 Å². The molecule has 1 N–H and O–H groups in total. The van der Waals surface area contributed by atoms with E-state index in [1.165, 1.54) is 0 Å². The summed E-state index contributed by atoms with van der Waals surface area (Å²) >= 11 is 1.66. The molecule has 1 saturated heterocycles. The SMILES string of the molecule is C[C@H]1CN([C@@H](C)C(=O)Nc2ccccc2Sc2ccccc2)C[C@H](C)O1. The first-order chi connectivity index (χ1) is 12.5. The average Bonchev–Trinajstić information content (AvgIpc) is 2.62. The highest BCUT2D eigenvalue weighted by Crippen LogP contribution is 2.33. The molecule has 0 saturated carbocycles. The van der Waals surface area contributed by atoms with Gasteiger partial charge in [-0.1, -0.05) is 42.1 Å². The smallest absolute Gasteiger partial charge is 0.241 e. The van der Waals surface area contributed by atoms with Crippen molar-refractivity contribution >= 4 is 23.4 Å². The van der Waals surface area contributed by atoms with E-state index in [9.17, 15) is 4.79 Å². The maximum absolute atomic E-state index is 12.8. The van der Waals surface area contributed by atoms with Gasteiger partial charge in [0, 0.05) is 22.9 Å². The molecule has 1 aliphatic rings. The maximum Gasteiger partial charge on any atom is 0.241 e. The molecule has 3 atom stereocenters. The van der Waals surface area contributed by atoms with Crippen molar-refractivity contribution in [1.29, 1.82) is 0 Å². The quantitative estimate of drug-likeness (QED) is 0.853. The van der Waals surface area contributed by atoms with Crippen molar-refractivity contribution in [2.45, 2.75) is 48.8 Å². The molecule has 3 rings (SSSR count). The Morgan fingerprint density at radius 1 is 1.08 bits per heavy atom. The number of carbonyl (C=O) groups excluding carboxylic acids is 1. The van der Waals surface area contributed by atoms with Crippen molar-refractivity contribution in [2.24, 2.45) is 0 Å². The number of carbonyl (C=O) groups is 1.